The van der Waals surface area contributed by atoms with Crippen LogP contribution in [-0.4, -0.2) is 16.2 Å². The largest absolute Gasteiger partial charge is 0.435 e. The summed E-state index contributed by atoms with van der Waals surface area (Å²) in [5, 5.41) is 0. The van der Waals surface area contributed by atoms with Gasteiger partial charge in [-0.05, 0) is 42.8 Å². The van der Waals surface area contributed by atoms with Crippen LogP contribution in [0.4, 0.5) is 14.7 Å². The van der Waals surface area contributed by atoms with Crippen molar-refractivity contribution in [1.29, 1.82) is 0 Å². The summed E-state index contributed by atoms with van der Waals surface area (Å²) >= 11 is 0. The number of anilines is 1. The molecule has 2 N–H and O–H groups in total. The number of imidazole rings is 1. The minimum absolute atomic E-state index is 0.105. The van der Waals surface area contributed by atoms with Crippen molar-refractivity contribution in [2.24, 2.45) is 0 Å². The average Bonchev–Trinajstić information content (AvgIpc) is 2.77. The van der Waals surface area contributed by atoms with Crippen molar-refractivity contribution >= 4 is 17.0 Å². The average molecular weight is 289 g/mol. The second-order valence-corrected chi connectivity index (χ2v) is 4.62. The van der Waals surface area contributed by atoms with Gasteiger partial charge in [0.25, 0.3) is 0 Å². The summed E-state index contributed by atoms with van der Waals surface area (Å²) in [7, 11) is 0. The number of nitrogens with zero attached hydrogens (tertiary/aromatic N) is 2. The van der Waals surface area contributed by atoms with Gasteiger partial charge in [0, 0.05) is 5.69 Å². The smallest absolute Gasteiger partial charge is 0.387 e. The summed E-state index contributed by atoms with van der Waals surface area (Å²) in [6, 6.07) is 12.0. The Hall–Kier alpha value is -2.63. The number of benzene rings is 2. The van der Waals surface area contributed by atoms with Crippen molar-refractivity contribution in [1.82, 2.24) is 9.55 Å². The monoisotopic (exact) mass is 289 g/mol. The van der Waals surface area contributed by atoms with Crippen LogP contribution in [0.3, 0.4) is 0 Å². The van der Waals surface area contributed by atoms with Gasteiger partial charge in [0.15, 0.2) is 0 Å². The lowest BCUT2D eigenvalue weighted by Gasteiger charge is -2.09. The Kier molecular flexibility index (Phi) is 3.21. The number of hydrogen-bond donors (Lipinski definition) is 1. The van der Waals surface area contributed by atoms with Crippen LogP contribution in [0.5, 0.6) is 5.75 Å². The van der Waals surface area contributed by atoms with Gasteiger partial charge in [-0.3, -0.25) is 4.57 Å². The van der Waals surface area contributed by atoms with Crippen LogP contribution in [0.15, 0.2) is 42.5 Å². The van der Waals surface area contributed by atoms with Crippen molar-refractivity contribution in [3.63, 3.8) is 0 Å². The van der Waals surface area contributed by atoms with Crippen LogP contribution >= 0.6 is 0 Å². The first-order valence-corrected chi connectivity index (χ1v) is 6.35. The molecule has 21 heavy (non-hydrogen) atoms. The van der Waals surface area contributed by atoms with Gasteiger partial charge in [-0.2, -0.15) is 8.78 Å². The first-order chi connectivity index (χ1) is 10.1. The number of aryl methyl sites for hydroxylation is 1. The summed E-state index contributed by atoms with van der Waals surface area (Å²) in [5.41, 5.74) is 9.44. The standard InChI is InChI=1S/C15H13F2N3O/c1-9-3-2-4-12-13(9)20(15(18)19-12)10-5-7-11(8-6-10)21-14(16)17/h2-8,14H,1H3,(H2,18,19). The summed E-state index contributed by atoms with van der Waals surface area (Å²) in [4.78, 5) is 4.31. The fourth-order valence-corrected chi connectivity index (χ4v) is 2.35. The number of alkyl halides is 2. The Morgan fingerprint density at radius 1 is 1.14 bits per heavy atom. The highest BCUT2D eigenvalue weighted by Crippen LogP contribution is 2.27. The fourth-order valence-electron chi connectivity index (χ4n) is 2.35. The predicted molar refractivity (Wildman–Crippen MR) is 76.9 cm³/mol. The van der Waals surface area contributed by atoms with Gasteiger partial charge in [0.2, 0.25) is 5.95 Å². The lowest BCUT2D eigenvalue weighted by Crippen LogP contribution is -2.03. The lowest BCUT2D eigenvalue weighted by atomic mass is 10.2. The van der Waals surface area contributed by atoms with E-state index in [1.165, 1.54) is 12.1 Å². The molecule has 0 spiro atoms. The van der Waals surface area contributed by atoms with Crippen LogP contribution in [-0.2, 0) is 0 Å². The van der Waals surface area contributed by atoms with E-state index in [4.69, 9.17) is 5.73 Å². The third-order valence-electron chi connectivity index (χ3n) is 3.22. The van der Waals surface area contributed by atoms with E-state index in [9.17, 15) is 8.78 Å². The molecule has 0 unspecified atom stereocenters. The maximum absolute atomic E-state index is 12.2. The number of nitrogens with two attached hydrogens (primary N) is 1. The molecule has 0 saturated heterocycles. The van der Waals surface area contributed by atoms with Gasteiger partial charge in [0.1, 0.15) is 5.75 Å². The Labute approximate surface area is 119 Å². The molecule has 1 heterocycles. The molecular weight excluding hydrogens is 276 g/mol. The van der Waals surface area contributed by atoms with Gasteiger partial charge >= 0.3 is 6.61 Å². The summed E-state index contributed by atoms with van der Waals surface area (Å²) in [6.07, 6.45) is 0. The molecule has 4 nitrogen and oxygen atoms in total. The molecule has 1 aromatic heterocycles. The highest BCUT2D eigenvalue weighted by atomic mass is 19.3. The highest BCUT2D eigenvalue weighted by Gasteiger charge is 2.12. The number of rotatable bonds is 3. The van der Waals surface area contributed by atoms with Crippen molar-refractivity contribution in [3.05, 3.63) is 48.0 Å². The molecule has 0 amide bonds. The second-order valence-electron chi connectivity index (χ2n) is 4.62. The van der Waals surface area contributed by atoms with E-state index in [0.717, 1.165) is 22.3 Å². The summed E-state index contributed by atoms with van der Waals surface area (Å²) in [5.74, 6) is 0.454. The Balaban J connectivity index is 2.10. The van der Waals surface area contributed by atoms with Crippen molar-refractivity contribution in [2.45, 2.75) is 13.5 Å². The maximum atomic E-state index is 12.2. The molecule has 0 aliphatic heterocycles. The number of ether oxygens (including phenoxy) is 1. The number of hydrogen-bond acceptors (Lipinski definition) is 3. The number of halogens is 2. The lowest BCUT2D eigenvalue weighted by molar-refractivity contribution is -0.0498. The molecule has 0 aliphatic rings. The molecule has 0 atom stereocenters. The molecule has 108 valence electrons. The molecular formula is C15H13F2N3O. The van der Waals surface area contributed by atoms with E-state index in [1.54, 1.807) is 16.7 Å². The molecule has 2 aromatic carbocycles. The predicted octanol–water partition coefficient (Wildman–Crippen LogP) is 3.52. The third-order valence-corrected chi connectivity index (χ3v) is 3.22. The molecule has 3 rings (SSSR count). The highest BCUT2D eigenvalue weighted by molar-refractivity contribution is 5.83. The Morgan fingerprint density at radius 2 is 1.86 bits per heavy atom. The van der Waals surface area contributed by atoms with Gasteiger partial charge in [0.05, 0.1) is 11.0 Å². The third kappa shape index (κ3) is 2.40. The zero-order valence-electron chi connectivity index (χ0n) is 11.3. The molecule has 0 radical (unpaired) electrons. The van der Waals surface area contributed by atoms with Crippen molar-refractivity contribution < 1.29 is 13.5 Å². The first kappa shape index (κ1) is 13.4. The van der Waals surface area contributed by atoms with Gasteiger partial charge < -0.3 is 10.5 Å². The molecule has 3 aromatic rings. The van der Waals surface area contributed by atoms with E-state index >= 15 is 0 Å². The summed E-state index contributed by atoms with van der Waals surface area (Å²) < 4.78 is 30.5. The van der Waals surface area contributed by atoms with E-state index in [1.807, 2.05) is 25.1 Å². The van der Waals surface area contributed by atoms with Crippen LogP contribution in [0.1, 0.15) is 5.56 Å². The van der Waals surface area contributed by atoms with Crippen LogP contribution in [0.25, 0.3) is 16.7 Å². The van der Waals surface area contributed by atoms with Crippen LogP contribution in [0.2, 0.25) is 0 Å². The summed E-state index contributed by atoms with van der Waals surface area (Å²) in [6.45, 7) is -0.869. The molecule has 0 fully saturated rings. The number of nitrogen functional groups attached to an aromatic ring is 1. The van der Waals surface area contributed by atoms with Crippen molar-refractivity contribution in [2.75, 3.05) is 5.73 Å². The zero-order valence-corrected chi connectivity index (χ0v) is 11.3. The van der Waals surface area contributed by atoms with Gasteiger partial charge in [-0.1, -0.05) is 12.1 Å². The quantitative estimate of drug-likeness (QED) is 0.802. The van der Waals surface area contributed by atoms with Gasteiger partial charge in [-0.15, -0.1) is 0 Å². The van der Waals surface area contributed by atoms with E-state index in [-0.39, 0.29) is 5.75 Å². The number of para-hydroxylation sites is 1. The molecule has 0 bridgehead atoms. The number of aromatic nitrogens is 2. The number of fused-ring (bicyclic) bond motifs is 1. The minimum Gasteiger partial charge on any atom is -0.435 e. The Morgan fingerprint density at radius 3 is 2.52 bits per heavy atom. The first-order valence-electron chi connectivity index (χ1n) is 6.35. The normalized spacial score (nSPS) is 11.2. The molecule has 0 aliphatic carbocycles. The van der Waals surface area contributed by atoms with E-state index in [0.29, 0.717) is 5.95 Å². The van der Waals surface area contributed by atoms with Crippen LogP contribution in [0, 0.1) is 6.92 Å². The maximum Gasteiger partial charge on any atom is 0.387 e. The molecule has 6 heteroatoms. The van der Waals surface area contributed by atoms with Gasteiger partial charge in [-0.25, -0.2) is 4.98 Å². The van der Waals surface area contributed by atoms with Crippen LogP contribution < -0.4 is 10.5 Å². The SMILES string of the molecule is Cc1cccc2nc(N)n(-c3ccc(OC(F)F)cc3)c12. The minimum atomic E-state index is -2.84. The van der Waals surface area contributed by atoms with Crippen molar-refractivity contribution in [3.8, 4) is 11.4 Å². The Bertz CT molecular complexity index is 781. The van der Waals surface area contributed by atoms with E-state index < -0.39 is 6.61 Å². The second kappa shape index (κ2) is 5.05. The topological polar surface area (TPSA) is 53.1 Å². The zero-order chi connectivity index (χ0) is 15.0. The fraction of sp³-hybridized carbons (Fsp3) is 0.133. The van der Waals surface area contributed by atoms with E-state index in [2.05, 4.69) is 9.72 Å². The molecule has 0 saturated carbocycles.